The number of nitrogens with zero attached hydrogens (tertiary/aromatic N) is 2. The molecule has 1 aromatic carbocycles. The lowest BCUT2D eigenvalue weighted by Crippen LogP contribution is -2.42. The fourth-order valence-electron chi connectivity index (χ4n) is 2.48. The normalized spacial score (nSPS) is 14.2. The molecule has 0 spiro atoms. The second-order valence-corrected chi connectivity index (χ2v) is 6.56. The number of hydrogen-bond acceptors (Lipinski definition) is 6. The van der Waals surface area contributed by atoms with Gasteiger partial charge >= 0.3 is 0 Å². The van der Waals surface area contributed by atoms with Gasteiger partial charge in [-0.2, -0.15) is 0 Å². The van der Waals surface area contributed by atoms with E-state index in [0.717, 1.165) is 29.3 Å². The number of morpholine rings is 1. The Balaban J connectivity index is 1.51. The number of nitrogens with one attached hydrogen (secondary N) is 2. The molecule has 2 aromatic rings. The van der Waals surface area contributed by atoms with Crippen LogP contribution in [0.1, 0.15) is 21.6 Å². The zero-order valence-corrected chi connectivity index (χ0v) is 14.8. The fraction of sp³-hybridized carbons (Fsp3) is 0.353. The summed E-state index contributed by atoms with van der Waals surface area (Å²) >= 11 is 1.41. The number of carbonyl (C=O) groups excluding carboxylic acids is 2. The number of ether oxygens (including phenoxy) is 1. The number of amides is 2. The van der Waals surface area contributed by atoms with Crippen LogP contribution in [0, 0.1) is 6.92 Å². The van der Waals surface area contributed by atoms with Gasteiger partial charge in [-0.05, 0) is 18.1 Å². The van der Waals surface area contributed by atoms with Gasteiger partial charge in [-0.25, -0.2) is 4.98 Å². The van der Waals surface area contributed by atoms with Gasteiger partial charge in [0.25, 0.3) is 5.91 Å². The van der Waals surface area contributed by atoms with Gasteiger partial charge in [0.2, 0.25) is 5.91 Å². The molecular formula is C17H20N4O3S. The number of rotatable bonds is 4. The highest BCUT2D eigenvalue weighted by Crippen LogP contribution is 2.21. The monoisotopic (exact) mass is 360 g/mol. The van der Waals surface area contributed by atoms with E-state index < -0.39 is 5.91 Å². The van der Waals surface area contributed by atoms with E-state index in [1.54, 1.807) is 5.38 Å². The van der Waals surface area contributed by atoms with Crippen LogP contribution in [0.25, 0.3) is 0 Å². The molecule has 2 heterocycles. The highest BCUT2D eigenvalue weighted by molar-refractivity contribution is 7.13. The van der Waals surface area contributed by atoms with Gasteiger partial charge in [-0.1, -0.05) is 24.3 Å². The van der Waals surface area contributed by atoms with E-state index in [0.29, 0.717) is 18.9 Å². The smallest absolute Gasteiger partial charge is 0.289 e. The molecule has 1 saturated heterocycles. The summed E-state index contributed by atoms with van der Waals surface area (Å²) in [6.07, 6.45) is 0.211. The van der Waals surface area contributed by atoms with Crippen LogP contribution in [-0.4, -0.2) is 43.1 Å². The lowest BCUT2D eigenvalue weighted by Gasteiger charge is -2.25. The molecule has 0 aliphatic carbocycles. The third-order valence-corrected chi connectivity index (χ3v) is 4.84. The van der Waals surface area contributed by atoms with Crippen molar-refractivity contribution in [1.82, 2.24) is 15.8 Å². The molecule has 1 aliphatic heterocycles. The van der Waals surface area contributed by atoms with Gasteiger partial charge in [0.15, 0.2) is 5.13 Å². The van der Waals surface area contributed by atoms with Crippen LogP contribution in [0.4, 0.5) is 5.13 Å². The molecule has 0 bridgehead atoms. The zero-order chi connectivity index (χ0) is 17.6. The minimum absolute atomic E-state index is 0.211. The van der Waals surface area contributed by atoms with E-state index in [2.05, 4.69) is 20.7 Å². The summed E-state index contributed by atoms with van der Waals surface area (Å²) in [4.78, 5) is 30.5. The lowest BCUT2D eigenvalue weighted by molar-refractivity contribution is -0.121. The lowest BCUT2D eigenvalue weighted by atomic mass is 10.1. The highest BCUT2D eigenvalue weighted by atomic mass is 32.1. The van der Waals surface area contributed by atoms with E-state index in [9.17, 15) is 9.59 Å². The van der Waals surface area contributed by atoms with Crippen molar-refractivity contribution in [3.05, 3.63) is 46.5 Å². The topological polar surface area (TPSA) is 83.6 Å². The average molecular weight is 360 g/mol. The van der Waals surface area contributed by atoms with Crippen LogP contribution >= 0.6 is 11.3 Å². The Kier molecular flexibility index (Phi) is 5.62. The van der Waals surface area contributed by atoms with Crippen LogP contribution in [0.3, 0.4) is 0 Å². The quantitative estimate of drug-likeness (QED) is 0.803. The molecule has 1 aliphatic rings. The van der Waals surface area contributed by atoms with Crippen LogP contribution in [0.5, 0.6) is 0 Å². The van der Waals surface area contributed by atoms with Crippen molar-refractivity contribution in [2.45, 2.75) is 13.3 Å². The van der Waals surface area contributed by atoms with Gasteiger partial charge in [0, 0.05) is 18.5 Å². The number of hydrogen-bond donors (Lipinski definition) is 2. The first kappa shape index (κ1) is 17.4. The van der Waals surface area contributed by atoms with Crippen LogP contribution in [0.2, 0.25) is 0 Å². The van der Waals surface area contributed by atoms with Gasteiger partial charge in [-0.15, -0.1) is 11.3 Å². The van der Waals surface area contributed by atoms with Crippen LogP contribution in [0.15, 0.2) is 29.6 Å². The first-order valence-electron chi connectivity index (χ1n) is 8.05. The van der Waals surface area contributed by atoms with E-state index in [4.69, 9.17) is 4.74 Å². The molecule has 2 amide bonds. The van der Waals surface area contributed by atoms with Crippen molar-refractivity contribution < 1.29 is 14.3 Å². The standard InChI is InChI=1S/C17H20N4O3S/c1-12-4-2-3-5-13(12)10-15(22)19-20-16(23)14-11-25-17(18-14)21-6-8-24-9-7-21/h2-5,11H,6-10H2,1H3,(H,19,22)(H,20,23). The Morgan fingerprint density at radius 2 is 2.00 bits per heavy atom. The molecule has 0 saturated carbocycles. The number of hydrazine groups is 1. The van der Waals surface area contributed by atoms with Gasteiger partial charge in [0.05, 0.1) is 19.6 Å². The minimum Gasteiger partial charge on any atom is -0.378 e. The SMILES string of the molecule is Cc1ccccc1CC(=O)NNC(=O)c1csc(N2CCOCC2)n1. The molecular weight excluding hydrogens is 340 g/mol. The Morgan fingerprint density at radius 1 is 1.24 bits per heavy atom. The summed E-state index contributed by atoms with van der Waals surface area (Å²) in [6.45, 7) is 4.80. The maximum absolute atomic E-state index is 12.1. The number of aryl methyl sites for hydroxylation is 1. The number of aromatic nitrogens is 1. The van der Waals surface area contributed by atoms with Crippen molar-refractivity contribution in [1.29, 1.82) is 0 Å². The van der Waals surface area contributed by atoms with E-state index in [1.165, 1.54) is 11.3 Å². The largest absolute Gasteiger partial charge is 0.378 e. The zero-order valence-electron chi connectivity index (χ0n) is 13.9. The highest BCUT2D eigenvalue weighted by Gasteiger charge is 2.17. The second-order valence-electron chi connectivity index (χ2n) is 5.72. The molecule has 2 N–H and O–H groups in total. The van der Waals surface area contributed by atoms with Crippen LogP contribution in [-0.2, 0) is 16.0 Å². The molecule has 7 nitrogen and oxygen atoms in total. The predicted molar refractivity (Wildman–Crippen MR) is 95.6 cm³/mol. The fourth-order valence-corrected chi connectivity index (χ4v) is 3.34. The van der Waals surface area contributed by atoms with Crippen LogP contribution < -0.4 is 15.8 Å². The molecule has 8 heteroatoms. The summed E-state index contributed by atoms with van der Waals surface area (Å²) in [5, 5.41) is 2.48. The average Bonchev–Trinajstić information content (AvgIpc) is 3.13. The summed E-state index contributed by atoms with van der Waals surface area (Å²) in [5.41, 5.74) is 7.12. The summed E-state index contributed by atoms with van der Waals surface area (Å²) in [5.74, 6) is -0.694. The van der Waals surface area contributed by atoms with Crippen molar-refractivity contribution in [2.75, 3.05) is 31.2 Å². The molecule has 1 fully saturated rings. The molecule has 0 radical (unpaired) electrons. The van der Waals surface area contributed by atoms with Crippen molar-refractivity contribution in [2.24, 2.45) is 0 Å². The van der Waals surface area contributed by atoms with Crippen molar-refractivity contribution >= 4 is 28.3 Å². The maximum atomic E-state index is 12.1. The second kappa shape index (κ2) is 8.09. The molecule has 132 valence electrons. The summed E-state index contributed by atoms with van der Waals surface area (Å²) in [6, 6.07) is 7.65. The predicted octanol–water partition coefficient (Wildman–Crippen LogP) is 1.29. The Morgan fingerprint density at radius 3 is 2.76 bits per heavy atom. The molecule has 0 atom stereocenters. The van der Waals surface area contributed by atoms with Gasteiger partial charge in [-0.3, -0.25) is 20.4 Å². The number of thiazole rings is 1. The first-order chi connectivity index (χ1) is 12.1. The van der Waals surface area contributed by atoms with E-state index in [1.807, 2.05) is 31.2 Å². The molecule has 1 aromatic heterocycles. The Bertz CT molecular complexity index is 756. The molecule has 25 heavy (non-hydrogen) atoms. The summed E-state index contributed by atoms with van der Waals surface area (Å²) in [7, 11) is 0. The van der Waals surface area contributed by atoms with Crippen molar-refractivity contribution in [3.63, 3.8) is 0 Å². The van der Waals surface area contributed by atoms with Gasteiger partial charge in [0.1, 0.15) is 5.69 Å². The van der Waals surface area contributed by atoms with E-state index in [-0.39, 0.29) is 12.3 Å². The third-order valence-electron chi connectivity index (χ3n) is 3.93. The number of benzene rings is 1. The van der Waals surface area contributed by atoms with Gasteiger partial charge < -0.3 is 9.64 Å². The van der Waals surface area contributed by atoms with Crippen molar-refractivity contribution in [3.8, 4) is 0 Å². The molecule has 3 rings (SSSR count). The summed E-state index contributed by atoms with van der Waals surface area (Å²) < 4.78 is 5.31. The minimum atomic E-state index is -0.422. The number of carbonyl (C=O) groups is 2. The third kappa shape index (κ3) is 4.55. The molecule has 0 unspecified atom stereocenters. The maximum Gasteiger partial charge on any atom is 0.289 e. The number of anilines is 1. The Hall–Kier alpha value is -2.45. The first-order valence-corrected chi connectivity index (χ1v) is 8.93. The van der Waals surface area contributed by atoms with E-state index >= 15 is 0 Å². The Labute approximate surface area is 150 Å².